The minimum absolute atomic E-state index is 0.00791. The molecule has 0 rings (SSSR count). The van der Waals surface area contributed by atoms with Gasteiger partial charge in [0.05, 0.1) is 39.9 Å². The third-order valence-electron chi connectivity index (χ3n) is 10.9. The SMILES string of the molecule is CC/C=C\C/C=C\C/C=C\C/C=C\C/C=C\C/C=C\CCCCCCCCCCCCC(=O)NC(COP(=O)(O)OCC[N+](C)(C)C)C(O)C(O)CCC/C=C/CC/C=C/CCCCC. The number of quaternary nitrogens is 1. The van der Waals surface area contributed by atoms with Gasteiger partial charge in [0, 0.05) is 6.42 Å². The van der Waals surface area contributed by atoms with Crippen LogP contribution >= 0.6 is 7.82 Å². The molecule has 374 valence electrons. The van der Waals surface area contributed by atoms with E-state index < -0.39 is 32.7 Å². The van der Waals surface area contributed by atoms with Crippen molar-refractivity contribution in [2.24, 2.45) is 0 Å². The van der Waals surface area contributed by atoms with Gasteiger partial charge < -0.3 is 24.9 Å². The molecule has 65 heavy (non-hydrogen) atoms. The standard InChI is InChI=1S/C55H97N2O7P/c1-6-8-10-12-14-16-18-20-21-22-23-24-25-26-27-28-29-30-31-32-33-34-35-36-38-40-42-44-46-48-54(59)56-52(51-64-65(61,62)63-50-49-57(3,4)5)55(60)53(58)47-45-43-41-39-37-19-17-15-13-11-9-7-2/h8,10,14-17,20-21,23-24,26-27,29-30,39,41,52-53,55,58,60H,6-7,9,11-13,18-19,22,25,28,31-38,40,42-51H2,1-5H3,(H-,56,59,61,62)/p+1/b10-8-,16-14-,17-15+,21-20-,24-23-,27-26-,30-29-,41-39+. The van der Waals surface area contributed by atoms with Crippen LogP contribution in [0.3, 0.4) is 0 Å². The first-order valence-electron chi connectivity index (χ1n) is 25.7. The number of likely N-dealkylation sites (N-methyl/N-ethyl adjacent to an activating group) is 1. The first kappa shape index (κ1) is 62.4. The van der Waals surface area contributed by atoms with Gasteiger partial charge in [-0.2, -0.15) is 0 Å². The Morgan fingerprint density at radius 1 is 0.554 bits per heavy atom. The smallest absolute Gasteiger partial charge is 0.390 e. The van der Waals surface area contributed by atoms with Crippen LogP contribution in [0.4, 0.5) is 0 Å². The topological polar surface area (TPSA) is 125 Å². The largest absolute Gasteiger partial charge is 0.472 e. The van der Waals surface area contributed by atoms with Crippen LogP contribution in [0.15, 0.2) is 97.2 Å². The molecule has 0 aromatic carbocycles. The number of unbranched alkanes of at least 4 members (excludes halogenated alkanes) is 15. The van der Waals surface area contributed by atoms with E-state index in [-0.39, 0.29) is 18.9 Å². The van der Waals surface area contributed by atoms with Gasteiger partial charge in [-0.25, -0.2) is 4.57 Å². The average Bonchev–Trinajstić information content (AvgIpc) is 3.26. The molecule has 0 aliphatic carbocycles. The van der Waals surface area contributed by atoms with Crippen LogP contribution in [-0.4, -0.2) is 84.6 Å². The predicted molar refractivity (Wildman–Crippen MR) is 278 cm³/mol. The molecule has 0 aliphatic rings. The van der Waals surface area contributed by atoms with Crippen molar-refractivity contribution in [3.05, 3.63) is 97.2 Å². The molecular formula is C55H98N2O7P+. The summed E-state index contributed by atoms with van der Waals surface area (Å²) in [6, 6.07) is -1.06. The zero-order chi connectivity index (χ0) is 48.0. The first-order valence-corrected chi connectivity index (χ1v) is 27.2. The summed E-state index contributed by atoms with van der Waals surface area (Å²) in [5.74, 6) is -0.282. The summed E-state index contributed by atoms with van der Waals surface area (Å²) in [7, 11) is 1.39. The lowest BCUT2D eigenvalue weighted by Crippen LogP contribution is -2.51. The highest BCUT2D eigenvalue weighted by Gasteiger charge is 2.31. The van der Waals surface area contributed by atoms with Gasteiger partial charge in [-0.15, -0.1) is 0 Å². The van der Waals surface area contributed by atoms with Crippen LogP contribution in [0.2, 0.25) is 0 Å². The van der Waals surface area contributed by atoms with Crippen molar-refractivity contribution in [2.45, 2.75) is 205 Å². The Balaban J connectivity index is 4.32. The van der Waals surface area contributed by atoms with Gasteiger partial charge in [0.2, 0.25) is 5.91 Å². The van der Waals surface area contributed by atoms with Crippen LogP contribution in [0, 0.1) is 0 Å². The highest BCUT2D eigenvalue weighted by Crippen LogP contribution is 2.43. The van der Waals surface area contributed by atoms with Crippen molar-refractivity contribution in [3.63, 3.8) is 0 Å². The van der Waals surface area contributed by atoms with Crippen molar-refractivity contribution >= 4 is 13.7 Å². The fourth-order valence-corrected chi connectivity index (χ4v) is 7.54. The monoisotopic (exact) mass is 930 g/mol. The predicted octanol–water partition coefficient (Wildman–Crippen LogP) is 14.1. The van der Waals surface area contributed by atoms with Crippen LogP contribution in [0.5, 0.6) is 0 Å². The fraction of sp³-hybridized carbons (Fsp3) is 0.691. The van der Waals surface area contributed by atoms with Gasteiger partial charge in [0.25, 0.3) is 0 Å². The summed E-state index contributed by atoms with van der Waals surface area (Å²) in [6.45, 7) is 4.41. The van der Waals surface area contributed by atoms with E-state index in [1.807, 2.05) is 21.1 Å². The molecule has 0 fully saturated rings. The van der Waals surface area contributed by atoms with E-state index in [1.54, 1.807) is 0 Å². The molecule has 4 unspecified atom stereocenters. The number of allylic oxidation sites excluding steroid dienone is 16. The Morgan fingerprint density at radius 3 is 1.46 bits per heavy atom. The Morgan fingerprint density at radius 2 is 0.969 bits per heavy atom. The molecule has 0 saturated carbocycles. The molecule has 0 bridgehead atoms. The summed E-state index contributed by atoms with van der Waals surface area (Å²) < 4.78 is 23.5. The number of hydrogen-bond donors (Lipinski definition) is 4. The van der Waals surface area contributed by atoms with Crippen molar-refractivity contribution in [3.8, 4) is 0 Å². The van der Waals surface area contributed by atoms with Gasteiger partial charge >= 0.3 is 7.82 Å². The second kappa shape index (κ2) is 45.2. The molecule has 10 heteroatoms. The third kappa shape index (κ3) is 46.3. The van der Waals surface area contributed by atoms with Crippen molar-refractivity contribution in [1.29, 1.82) is 0 Å². The zero-order valence-corrected chi connectivity index (χ0v) is 42.9. The van der Waals surface area contributed by atoms with E-state index in [0.29, 0.717) is 30.3 Å². The van der Waals surface area contributed by atoms with Crippen LogP contribution in [0.1, 0.15) is 187 Å². The van der Waals surface area contributed by atoms with E-state index in [9.17, 15) is 24.5 Å². The normalized spacial score (nSPS) is 15.4. The highest BCUT2D eigenvalue weighted by molar-refractivity contribution is 7.47. The second-order valence-electron chi connectivity index (χ2n) is 18.3. The summed E-state index contributed by atoms with van der Waals surface area (Å²) in [6.07, 6.45) is 60.6. The Labute approximate surface area is 399 Å². The molecule has 0 spiro atoms. The Kier molecular flexibility index (Phi) is 43.4. The molecule has 0 radical (unpaired) electrons. The highest BCUT2D eigenvalue weighted by atomic mass is 31.2. The zero-order valence-electron chi connectivity index (χ0n) is 42.1. The number of carbonyl (C=O) groups excluding carboxylic acids is 1. The van der Waals surface area contributed by atoms with E-state index in [2.05, 4.69) is 116 Å². The molecule has 0 aromatic rings. The number of carbonyl (C=O) groups is 1. The van der Waals surface area contributed by atoms with Crippen molar-refractivity contribution in [2.75, 3.05) is 40.9 Å². The maximum absolute atomic E-state index is 13.0. The molecule has 0 aromatic heterocycles. The number of rotatable bonds is 45. The van der Waals surface area contributed by atoms with Crippen molar-refractivity contribution < 1.29 is 38.0 Å². The second-order valence-corrected chi connectivity index (χ2v) is 19.7. The molecule has 0 heterocycles. The van der Waals surface area contributed by atoms with Gasteiger partial charge in [-0.3, -0.25) is 13.8 Å². The molecular weight excluding hydrogens is 832 g/mol. The van der Waals surface area contributed by atoms with E-state index in [1.165, 1.54) is 57.8 Å². The number of aliphatic hydroxyl groups is 2. The van der Waals surface area contributed by atoms with E-state index in [4.69, 9.17) is 9.05 Å². The maximum atomic E-state index is 13.0. The number of aliphatic hydroxyl groups excluding tert-OH is 2. The summed E-state index contributed by atoms with van der Waals surface area (Å²) in [4.78, 5) is 23.2. The van der Waals surface area contributed by atoms with E-state index >= 15 is 0 Å². The number of nitrogens with one attached hydrogen (secondary N) is 1. The Bertz CT molecular complexity index is 1390. The van der Waals surface area contributed by atoms with E-state index in [0.717, 1.165) is 89.9 Å². The lowest BCUT2D eigenvalue weighted by Gasteiger charge is -2.28. The van der Waals surface area contributed by atoms with Crippen LogP contribution in [0.25, 0.3) is 0 Å². The van der Waals surface area contributed by atoms with Crippen molar-refractivity contribution in [1.82, 2.24) is 5.32 Å². The van der Waals surface area contributed by atoms with Crippen LogP contribution in [-0.2, 0) is 18.4 Å². The lowest BCUT2D eigenvalue weighted by atomic mass is 10.0. The number of hydrogen-bond acceptors (Lipinski definition) is 6. The fourth-order valence-electron chi connectivity index (χ4n) is 6.81. The number of amides is 1. The summed E-state index contributed by atoms with van der Waals surface area (Å²) in [5.41, 5.74) is 0. The molecule has 4 N–H and O–H groups in total. The summed E-state index contributed by atoms with van der Waals surface area (Å²) in [5, 5.41) is 24.7. The number of nitrogens with zero attached hydrogens (tertiary/aromatic N) is 1. The lowest BCUT2D eigenvalue weighted by molar-refractivity contribution is -0.870. The molecule has 0 saturated heterocycles. The first-order chi connectivity index (χ1) is 31.4. The minimum Gasteiger partial charge on any atom is -0.390 e. The number of phosphoric acid groups is 1. The van der Waals surface area contributed by atoms with Gasteiger partial charge in [-0.1, -0.05) is 175 Å². The molecule has 9 nitrogen and oxygen atoms in total. The summed E-state index contributed by atoms with van der Waals surface area (Å²) >= 11 is 0. The van der Waals surface area contributed by atoms with Gasteiger partial charge in [-0.05, 0) is 103 Å². The average molecular weight is 930 g/mol. The molecule has 1 amide bonds. The van der Waals surface area contributed by atoms with Gasteiger partial charge in [0.1, 0.15) is 19.3 Å². The maximum Gasteiger partial charge on any atom is 0.472 e. The molecule has 0 aliphatic heterocycles. The Hall–Kier alpha value is -2.62. The number of phosphoric ester groups is 1. The van der Waals surface area contributed by atoms with Gasteiger partial charge in [0.15, 0.2) is 0 Å². The third-order valence-corrected chi connectivity index (χ3v) is 11.9. The minimum atomic E-state index is -4.44. The molecule has 4 atom stereocenters. The van der Waals surface area contributed by atoms with Crippen LogP contribution < -0.4 is 5.32 Å². The quantitative estimate of drug-likeness (QED) is 0.0207.